The van der Waals surface area contributed by atoms with E-state index in [9.17, 15) is 22.4 Å². The minimum atomic E-state index is -4.42. The molecule has 1 aromatic carbocycles. The Balaban J connectivity index is 1.60. The van der Waals surface area contributed by atoms with Gasteiger partial charge in [0, 0.05) is 37.1 Å². The molecular formula is C26H31Cl2FN4O4S. The van der Waals surface area contributed by atoms with Gasteiger partial charge in [-0.25, -0.2) is 12.8 Å². The number of halogens is 3. The zero-order valence-electron chi connectivity index (χ0n) is 21.3. The molecule has 206 valence electrons. The summed E-state index contributed by atoms with van der Waals surface area (Å²) in [5.74, 6) is -1.43. The molecule has 0 N–H and O–H groups in total. The summed E-state index contributed by atoms with van der Waals surface area (Å²) in [6.45, 7) is 4.87. The van der Waals surface area contributed by atoms with Crippen molar-refractivity contribution in [3.05, 3.63) is 52.8 Å². The molecule has 3 fully saturated rings. The van der Waals surface area contributed by atoms with E-state index >= 15 is 0 Å². The molecule has 38 heavy (non-hydrogen) atoms. The number of allylic oxidation sites excluding steroid dienone is 3. The van der Waals surface area contributed by atoms with Crippen molar-refractivity contribution < 1.29 is 22.4 Å². The Labute approximate surface area is 232 Å². The summed E-state index contributed by atoms with van der Waals surface area (Å²) in [6, 6.07) is 1.51. The zero-order valence-corrected chi connectivity index (χ0v) is 23.6. The van der Waals surface area contributed by atoms with Crippen LogP contribution in [0.1, 0.15) is 33.1 Å². The van der Waals surface area contributed by atoms with Gasteiger partial charge in [0.05, 0.1) is 11.9 Å². The third-order valence-electron chi connectivity index (χ3n) is 7.80. The van der Waals surface area contributed by atoms with Gasteiger partial charge in [-0.15, -0.1) is 11.6 Å². The summed E-state index contributed by atoms with van der Waals surface area (Å²) in [5, 5.41) is -0.0512. The number of hydrogen-bond donors (Lipinski definition) is 0. The average molecular weight is 586 g/mol. The molecule has 12 heteroatoms. The van der Waals surface area contributed by atoms with Gasteiger partial charge in [0.25, 0.3) is 0 Å². The van der Waals surface area contributed by atoms with E-state index in [4.69, 9.17) is 23.2 Å². The van der Waals surface area contributed by atoms with Crippen molar-refractivity contribution in [2.24, 2.45) is 0 Å². The molecule has 0 aromatic heterocycles. The fraction of sp³-hybridized carbons (Fsp3) is 0.538. The molecule has 3 aliphatic heterocycles. The first kappa shape index (κ1) is 27.6. The van der Waals surface area contributed by atoms with Gasteiger partial charge in [-0.2, -0.15) is 4.31 Å². The van der Waals surface area contributed by atoms with Crippen molar-refractivity contribution >= 4 is 45.0 Å². The number of sulfonamides is 1. The van der Waals surface area contributed by atoms with Crippen LogP contribution in [0, 0.1) is 5.82 Å². The smallest absolute Gasteiger partial charge is 0.247 e. The molecular weight excluding hydrogens is 554 g/mol. The normalized spacial score (nSPS) is 28.9. The lowest BCUT2D eigenvalue weighted by molar-refractivity contribution is -0.173. The van der Waals surface area contributed by atoms with E-state index in [2.05, 4.69) is 0 Å². The van der Waals surface area contributed by atoms with Crippen molar-refractivity contribution in [3.63, 3.8) is 0 Å². The molecule has 3 heterocycles. The zero-order chi connectivity index (χ0) is 27.4. The summed E-state index contributed by atoms with van der Waals surface area (Å²) in [6.07, 6.45) is 6.40. The van der Waals surface area contributed by atoms with Gasteiger partial charge in [-0.1, -0.05) is 29.8 Å². The number of carbonyl (C=O) groups is 2. The summed E-state index contributed by atoms with van der Waals surface area (Å²) < 4.78 is 44.1. The highest BCUT2D eigenvalue weighted by molar-refractivity contribution is 7.89. The second kappa shape index (κ2) is 10.5. The lowest BCUT2D eigenvalue weighted by Gasteiger charge is -2.56. The molecule has 0 bridgehead atoms. The van der Waals surface area contributed by atoms with Gasteiger partial charge in [0.2, 0.25) is 21.8 Å². The lowest BCUT2D eigenvalue weighted by Crippen LogP contribution is -2.76. The van der Waals surface area contributed by atoms with Crippen molar-refractivity contribution in [2.45, 2.75) is 67.7 Å². The molecule has 8 nitrogen and oxygen atoms in total. The van der Waals surface area contributed by atoms with Gasteiger partial charge in [-0.3, -0.25) is 14.5 Å². The topological polar surface area (TPSA) is 81.2 Å². The summed E-state index contributed by atoms with van der Waals surface area (Å²) in [4.78, 5) is 32.2. The van der Waals surface area contributed by atoms with Crippen LogP contribution < -0.4 is 0 Å². The number of rotatable bonds is 6. The molecule has 4 aliphatic rings. The van der Waals surface area contributed by atoms with E-state index < -0.39 is 39.0 Å². The molecule has 2 amide bonds. The van der Waals surface area contributed by atoms with Crippen LogP contribution in [-0.4, -0.2) is 95.1 Å². The second-order valence-electron chi connectivity index (χ2n) is 10.5. The highest BCUT2D eigenvalue weighted by atomic mass is 35.5. The number of alkyl halides is 1. The van der Waals surface area contributed by atoms with Crippen LogP contribution in [-0.2, 0) is 19.6 Å². The van der Waals surface area contributed by atoms with Crippen LogP contribution in [0.4, 0.5) is 4.39 Å². The van der Waals surface area contributed by atoms with Crippen molar-refractivity contribution in [3.8, 4) is 0 Å². The molecule has 5 rings (SSSR count). The van der Waals surface area contributed by atoms with Gasteiger partial charge in [-0.05, 0) is 50.5 Å². The van der Waals surface area contributed by atoms with Crippen LogP contribution >= 0.6 is 23.2 Å². The standard InChI is InChI=1S/C26H31Cl2FN4O4S/c1-16(2)31-15-24-32(38(36,37)23-13-19(28)8-9-20(23)29)14-22(30-10-3-11-30)26(35)33(24)21(25(31)34)12-17-4-6-18(27)7-5-17/h4-6,8-9,13,16,18,21-22,24H,3,7,10-12,14-15H2,1-2H3. The Morgan fingerprint density at radius 2 is 1.87 bits per heavy atom. The van der Waals surface area contributed by atoms with E-state index in [0.717, 1.165) is 24.1 Å². The third kappa shape index (κ3) is 4.90. The molecule has 4 unspecified atom stereocenters. The Morgan fingerprint density at radius 1 is 1.13 bits per heavy atom. The molecule has 1 aromatic rings. The number of piperazine rings is 1. The van der Waals surface area contributed by atoms with Crippen molar-refractivity contribution in [1.82, 2.24) is 19.0 Å². The first-order chi connectivity index (χ1) is 18.0. The molecule has 0 spiro atoms. The maximum absolute atomic E-state index is 14.9. The third-order valence-corrected chi connectivity index (χ3v) is 10.2. The van der Waals surface area contributed by atoms with E-state index in [1.807, 2.05) is 37.0 Å². The van der Waals surface area contributed by atoms with Crippen LogP contribution in [0.2, 0.25) is 5.02 Å². The van der Waals surface area contributed by atoms with Gasteiger partial charge in [0.15, 0.2) is 0 Å². The molecule has 1 aliphatic carbocycles. The maximum atomic E-state index is 14.9. The number of amides is 2. The van der Waals surface area contributed by atoms with Crippen LogP contribution in [0.25, 0.3) is 0 Å². The minimum absolute atomic E-state index is 0.00842. The van der Waals surface area contributed by atoms with Crippen LogP contribution in [0.3, 0.4) is 0 Å². The summed E-state index contributed by atoms with van der Waals surface area (Å²) in [5.41, 5.74) is 0.860. The predicted molar refractivity (Wildman–Crippen MR) is 143 cm³/mol. The van der Waals surface area contributed by atoms with E-state index in [0.29, 0.717) is 19.5 Å². The molecule has 4 atom stereocenters. The molecule has 3 saturated heterocycles. The van der Waals surface area contributed by atoms with Crippen LogP contribution in [0.5, 0.6) is 0 Å². The number of benzene rings is 1. The highest BCUT2D eigenvalue weighted by Gasteiger charge is 2.55. The van der Waals surface area contributed by atoms with Gasteiger partial charge in [0.1, 0.15) is 29.0 Å². The molecule has 0 saturated carbocycles. The Morgan fingerprint density at radius 3 is 2.47 bits per heavy atom. The second-order valence-corrected chi connectivity index (χ2v) is 13.3. The monoisotopic (exact) mass is 584 g/mol. The lowest BCUT2D eigenvalue weighted by atomic mass is 9.93. The quantitative estimate of drug-likeness (QED) is 0.480. The highest BCUT2D eigenvalue weighted by Crippen LogP contribution is 2.36. The number of carbonyl (C=O) groups excluding carboxylic acids is 2. The Bertz CT molecular complexity index is 1300. The van der Waals surface area contributed by atoms with E-state index in [1.54, 1.807) is 4.90 Å². The predicted octanol–water partition coefficient (Wildman–Crippen LogP) is 3.22. The molecule has 0 radical (unpaired) electrons. The average Bonchev–Trinajstić information content (AvgIpc) is 2.83. The fourth-order valence-corrected chi connectivity index (χ4v) is 7.66. The Hall–Kier alpha value is -1.98. The summed E-state index contributed by atoms with van der Waals surface area (Å²) >= 11 is 12.3. The number of hydrogen-bond acceptors (Lipinski definition) is 5. The van der Waals surface area contributed by atoms with Crippen molar-refractivity contribution in [1.29, 1.82) is 0 Å². The summed E-state index contributed by atoms with van der Waals surface area (Å²) in [7, 11) is -4.42. The fourth-order valence-electron chi connectivity index (χ4n) is 5.59. The minimum Gasteiger partial charge on any atom is -0.335 e. The van der Waals surface area contributed by atoms with E-state index in [1.165, 1.54) is 15.3 Å². The maximum Gasteiger partial charge on any atom is 0.247 e. The van der Waals surface area contributed by atoms with Gasteiger partial charge < -0.3 is 9.80 Å². The van der Waals surface area contributed by atoms with E-state index in [-0.39, 0.29) is 47.8 Å². The van der Waals surface area contributed by atoms with Crippen molar-refractivity contribution in [2.75, 3.05) is 26.2 Å². The van der Waals surface area contributed by atoms with Crippen LogP contribution in [0.15, 0.2) is 46.9 Å². The number of nitrogens with zero attached hydrogens (tertiary/aromatic N) is 4. The van der Waals surface area contributed by atoms with Gasteiger partial charge >= 0.3 is 0 Å². The first-order valence-corrected chi connectivity index (χ1v) is 15.1. The first-order valence-electron chi connectivity index (χ1n) is 12.8. The number of fused-ring (bicyclic) bond motifs is 1. The number of likely N-dealkylation sites (tertiary alicyclic amines) is 1. The Kier molecular flexibility index (Phi) is 7.65. The SMILES string of the molecule is CC(C)N1CC2N(C(=O)C(N3CCC3)CN2S(=O)(=O)c2cc(Cl)ccc2F)C(CC2=CCC(Cl)C=C2)C1=O. The largest absolute Gasteiger partial charge is 0.335 e.